The largest absolute Gasteiger partial charge is 0.332 e. The van der Waals surface area contributed by atoms with Gasteiger partial charge in [-0.25, -0.2) is 4.79 Å². The summed E-state index contributed by atoms with van der Waals surface area (Å²) in [5.74, 6) is 0. The number of benzene rings is 1. The Bertz CT molecular complexity index is 623. The quantitative estimate of drug-likeness (QED) is 0.727. The molecule has 0 unspecified atom stereocenters. The molecular formula is C11H10N2O2S. The second-order valence-corrected chi connectivity index (χ2v) is 4.02. The van der Waals surface area contributed by atoms with Gasteiger partial charge in [0, 0.05) is 17.2 Å². The number of aromatic nitrogens is 2. The van der Waals surface area contributed by atoms with Crippen LogP contribution in [0.15, 0.2) is 44.9 Å². The maximum Gasteiger partial charge on any atom is 0.332 e. The van der Waals surface area contributed by atoms with Crippen LogP contribution in [0.1, 0.15) is 5.56 Å². The molecule has 5 heteroatoms. The van der Waals surface area contributed by atoms with Crippen LogP contribution in [0, 0.1) is 6.92 Å². The van der Waals surface area contributed by atoms with Crippen LogP contribution in [-0.2, 0) is 0 Å². The number of thiol groups is 1. The third-order valence-electron chi connectivity index (χ3n) is 2.15. The highest BCUT2D eigenvalue weighted by Gasteiger charge is 2.01. The van der Waals surface area contributed by atoms with Gasteiger partial charge in [-0.3, -0.25) is 14.3 Å². The smallest absolute Gasteiger partial charge is 0.274 e. The third kappa shape index (κ3) is 2.09. The van der Waals surface area contributed by atoms with Gasteiger partial charge in [-0.1, -0.05) is 0 Å². The first-order valence-corrected chi connectivity index (χ1v) is 5.14. The van der Waals surface area contributed by atoms with Gasteiger partial charge in [0.05, 0.1) is 5.69 Å². The molecule has 1 N–H and O–H groups in total. The molecule has 0 saturated heterocycles. The minimum Gasteiger partial charge on any atom is -0.274 e. The van der Waals surface area contributed by atoms with E-state index in [0.717, 1.165) is 10.5 Å². The van der Waals surface area contributed by atoms with E-state index in [-0.39, 0.29) is 0 Å². The van der Waals surface area contributed by atoms with Crippen LogP contribution in [0.4, 0.5) is 0 Å². The Morgan fingerprint density at radius 2 is 2.00 bits per heavy atom. The number of aryl methyl sites for hydroxylation is 1. The second kappa shape index (κ2) is 4.02. The van der Waals surface area contributed by atoms with E-state index in [4.69, 9.17) is 0 Å². The predicted molar refractivity (Wildman–Crippen MR) is 64.6 cm³/mol. The normalized spacial score (nSPS) is 10.4. The maximum absolute atomic E-state index is 11.5. The molecule has 0 aliphatic heterocycles. The molecule has 2 aromatic rings. The van der Waals surface area contributed by atoms with Gasteiger partial charge >= 0.3 is 5.69 Å². The molecule has 0 aliphatic carbocycles. The topological polar surface area (TPSA) is 54.9 Å². The Balaban J connectivity index is 2.67. The van der Waals surface area contributed by atoms with Gasteiger partial charge < -0.3 is 0 Å². The molecule has 0 fully saturated rings. The van der Waals surface area contributed by atoms with Crippen LogP contribution in [0.3, 0.4) is 0 Å². The standard InChI is InChI=1S/C11H10N2O2S/c1-7-4-8(6-9(16)5-7)13-3-2-10(14)12-11(13)15/h2-6,16H,1H3,(H,12,14,15). The average Bonchev–Trinajstić information content (AvgIpc) is 2.15. The average molecular weight is 234 g/mol. The summed E-state index contributed by atoms with van der Waals surface area (Å²) in [5, 5.41) is 0. The van der Waals surface area contributed by atoms with Crippen molar-refractivity contribution in [1.82, 2.24) is 9.55 Å². The molecule has 0 bridgehead atoms. The molecular weight excluding hydrogens is 224 g/mol. The van der Waals surface area contributed by atoms with E-state index in [0.29, 0.717) is 5.69 Å². The Hall–Kier alpha value is -1.75. The summed E-state index contributed by atoms with van der Waals surface area (Å²) >= 11 is 4.24. The molecule has 0 spiro atoms. The molecule has 4 nitrogen and oxygen atoms in total. The van der Waals surface area contributed by atoms with E-state index in [1.165, 1.54) is 16.8 Å². The van der Waals surface area contributed by atoms with Crippen molar-refractivity contribution in [3.8, 4) is 5.69 Å². The number of aromatic amines is 1. The van der Waals surface area contributed by atoms with Crippen molar-refractivity contribution in [2.75, 3.05) is 0 Å². The summed E-state index contributed by atoms with van der Waals surface area (Å²) in [6, 6.07) is 6.81. The Kier molecular flexibility index (Phi) is 2.70. The number of H-pyrrole nitrogens is 1. The van der Waals surface area contributed by atoms with Crippen molar-refractivity contribution in [2.24, 2.45) is 0 Å². The van der Waals surface area contributed by atoms with E-state index in [1.54, 1.807) is 6.07 Å². The fourth-order valence-corrected chi connectivity index (χ4v) is 1.84. The molecule has 1 aromatic heterocycles. The van der Waals surface area contributed by atoms with Gasteiger partial charge in [0.2, 0.25) is 0 Å². The molecule has 0 atom stereocenters. The maximum atomic E-state index is 11.5. The molecule has 1 aromatic carbocycles. The van der Waals surface area contributed by atoms with Crippen molar-refractivity contribution in [1.29, 1.82) is 0 Å². The lowest BCUT2D eigenvalue weighted by Crippen LogP contribution is -2.27. The Morgan fingerprint density at radius 1 is 1.25 bits per heavy atom. The zero-order valence-electron chi connectivity index (χ0n) is 8.60. The van der Waals surface area contributed by atoms with Crippen LogP contribution < -0.4 is 11.2 Å². The summed E-state index contributed by atoms with van der Waals surface area (Å²) in [7, 11) is 0. The lowest BCUT2D eigenvalue weighted by molar-refractivity contribution is 0.892. The minimum atomic E-state index is -0.453. The molecule has 1 heterocycles. The lowest BCUT2D eigenvalue weighted by atomic mass is 10.2. The number of hydrogen-bond acceptors (Lipinski definition) is 3. The van der Waals surface area contributed by atoms with Crippen LogP contribution in [-0.4, -0.2) is 9.55 Å². The highest BCUT2D eigenvalue weighted by molar-refractivity contribution is 7.80. The van der Waals surface area contributed by atoms with Crippen molar-refractivity contribution in [3.63, 3.8) is 0 Å². The number of nitrogens with zero attached hydrogens (tertiary/aromatic N) is 1. The zero-order valence-corrected chi connectivity index (χ0v) is 9.49. The predicted octanol–water partition coefficient (Wildman–Crippen LogP) is 1.12. The first kappa shape index (κ1) is 10.8. The molecule has 0 radical (unpaired) electrons. The third-order valence-corrected chi connectivity index (χ3v) is 2.41. The Morgan fingerprint density at radius 3 is 2.62 bits per heavy atom. The molecule has 2 rings (SSSR count). The van der Waals surface area contributed by atoms with Crippen molar-refractivity contribution < 1.29 is 0 Å². The first-order valence-electron chi connectivity index (χ1n) is 4.69. The van der Waals surface area contributed by atoms with Gasteiger partial charge in [0.15, 0.2) is 0 Å². The summed E-state index contributed by atoms with van der Waals surface area (Å²) < 4.78 is 1.37. The monoisotopic (exact) mass is 234 g/mol. The molecule has 0 aliphatic rings. The van der Waals surface area contributed by atoms with E-state index in [2.05, 4.69) is 17.6 Å². The van der Waals surface area contributed by atoms with Crippen LogP contribution in [0.5, 0.6) is 0 Å². The van der Waals surface area contributed by atoms with Crippen LogP contribution in [0.25, 0.3) is 5.69 Å². The van der Waals surface area contributed by atoms with Gasteiger partial charge in [0.1, 0.15) is 0 Å². The molecule has 0 saturated carbocycles. The summed E-state index contributed by atoms with van der Waals surface area (Å²) in [6.45, 7) is 1.92. The highest BCUT2D eigenvalue weighted by atomic mass is 32.1. The Labute approximate surface area is 97.0 Å². The summed E-state index contributed by atoms with van der Waals surface area (Å²) in [5.41, 5.74) is 0.831. The van der Waals surface area contributed by atoms with Crippen molar-refractivity contribution in [3.05, 3.63) is 56.9 Å². The van der Waals surface area contributed by atoms with Gasteiger partial charge in [0.25, 0.3) is 5.56 Å². The molecule has 0 amide bonds. The SMILES string of the molecule is Cc1cc(S)cc(-n2ccc(=O)[nH]c2=O)c1. The lowest BCUT2D eigenvalue weighted by Gasteiger charge is -2.06. The van der Waals surface area contributed by atoms with Gasteiger partial charge in [-0.15, -0.1) is 12.6 Å². The van der Waals surface area contributed by atoms with Gasteiger partial charge in [-0.05, 0) is 30.7 Å². The van der Waals surface area contributed by atoms with E-state index in [1.807, 2.05) is 19.1 Å². The highest BCUT2D eigenvalue weighted by Crippen LogP contribution is 2.14. The summed E-state index contributed by atoms with van der Waals surface area (Å²) in [6.07, 6.45) is 1.45. The number of hydrogen-bond donors (Lipinski definition) is 2. The van der Waals surface area contributed by atoms with Gasteiger partial charge in [-0.2, -0.15) is 0 Å². The van der Waals surface area contributed by atoms with E-state index in [9.17, 15) is 9.59 Å². The summed E-state index contributed by atoms with van der Waals surface area (Å²) in [4.78, 5) is 25.4. The number of rotatable bonds is 1. The van der Waals surface area contributed by atoms with Crippen molar-refractivity contribution in [2.45, 2.75) is 11.8 Å². The number of nitrogens with one attached hydrogen (secondary N) is 1. The zero-order chi connectivity index (χ0) is 11.7. The first-order chi connectivity index (χ1) is 7.56. The van der Waals surface area contributed by atoms with E-state index < -0.39 is 11.2 Å². The fourth-order valence-electron chi connectivity index (χ4n) is 1.50. The van der Waals surface area contributed by atoms with Crippen molar-refractivity contribution >= 4 is 12.6 Å². The molecule has 82 valence electrons. The minimum absolute atomic E-state index is 0.403. The second-order valence-electron chi connectivity index (χ2n) is 3.51. The van der Waals surface area contributed by atoms with Crippen LogP contribution in [0.2, 0.25) is 0 Å². The van der Waals surface area contributed by atoms with Crippen LogP contribution >= 0.6 is 12.6 Å². The molecule has 16 heavy (non-hydrogen) atoms. The van der Waals surface area contributed by atoms with E-state index >= 15 is 0 Å². The fraction of sp³-hybridized carbons (Fsp3) is 0.0909.